The van der Waals surface area contributed by atoms with Crippen molar-refractivity contribution >= 4 is 11.8 Å². The second-order valence-electron chi connectivity index (χ2n) is 6.04. The van der Waals surface area contributed by atoms with Crippen LogP contribution in [0.2, 0.25) is 0 Å². The molecular weight excluding hydrogens is 282 g/mol. The molecule has 1 saturated heterocycles. The summed E-state index contributed by atoms with van der Waals surface area (Å²) in [5.41, 5.74) is 1.25. The molecule has 2 heterocycles. The number of hydrogen-bond donors (Lipinski definition) is 1. The van der Waals surface area contributed by atoms with Crippen LogP contribution in [0, 0.1) is 0 Å². The zero-order valence-corrected chi connectivity index (χ0v) is 14.0. The quantitative estimate of drug-likeness (QED) is 0.917. The third kappa shape index (κ3) is 2.76. The average Bonchev–Trinajstić information content (AvgIpc) is 2.84. The molecule has 1 aromatic carbocycles. The Hall–Kier alpha value is -0.870. The van der Waals surface area contributed by atoms with E-state index in [4.69, 9.17) is 9.47 Å². The second-order valence-corrected chi connectivity index (χ2v) is 7.49. The maximum absolute atomic E-state index is 6.49. The minimum Gasteiger partial charge on any atom is -0.497 e. The molecule has 3 unspecified atom stereocenters. The maximum Gasteiger partial charge on any atom is 0.125 e. The molecule has 0 amide bonds. The largest absolute Gasteiger partial charge is 0.497 e. The van der Waals surface area contributed by atoms with Gasteiger partial charge in [0, 0.05) is 23.3 Å². The molecule has 0 radical (unpaired) electrons. The summed E-state index contributed by atoms with van der Waals surface area (Å²) in [6, 6.07) is 6.57. The summed E-state index contributed by atoms with van der Waals surface area (Å²) in [5.74, 6) is 3.14. The van der Waals surface area contributed by atoms with Gasteiger partial charge in [0.15, 0.2) is 0 Å². The standard InChI is InChI=1S/C17H25NO2S/c1-4-8-18-15-11-17(7-9-21-12(17)2)20-16-6-5-13(19-3)10-14(15)16/h5-6,10,12,15,18H,4,7-9,11H2,1-3H3. The average molecular weight is 307 g/mol. The van der Waals surface area contributed by atoms with Crippen molar-refractivity contribution in [2.75, 3.05) is 19.4 Å². The van der Waals surface area contributed by atoms with Crippen LogP contribution in [-0.4, -0.2) is 30.3 Å². The fourth-order valence-electron chi connectivity index (χ4n) is 3.40. The van der Waals surface area contributed by atoms with E-state index in [9.17, 15) is 0 Å². The number of benzene rings is 1. The predicted molar refractivity (Wildman–Crippen MR) is 88.5 cm³/mol. The SMILES string of the molecule is CCCNC1CC2(CCSC2C)Oc2ccc(OC)cc21. The first-order chi connectivity index (χ1) is 10.2. The normalized spacial score (nSPS) is 31.0. The molecule has 3 nitrogen and oxygen atoms in total. The minimum absolute atomic E-state index is 0.00232. The number of thioether (sulfide) groups is 1. The van der Waals surface area contributed by atoms with Gasteiger partial charge in [-0.05, 0) is 50.3 Å². The lowest BCUT2D eigenvalue weighted by Gasteiger charge is -2.42. The summed E-state index contributed by atoms with van der Waals surface area (Å²) >= 11 is 2.03. The molecule has 116 valence electrons. The molecule has 3 rings (SSSR count). The van der Waals surface area contributed by atoms with Gasteiger partial charge in [0.1, 0.15) is 17.1 Å². The molecule has 1 fully saturated rings. The first-order valence-corrected chi connectivity index (χ1v) is 8.95. The van der Waals surface area contributed by atoms with Crippen LogP contribution in [0.4, 0.5) is 0 Å². The monoisotopic (exact) mass is 307 g/mol. The lowest BCUT2D eigenvalue weighted by Crippen LogP contribution is -2.48. The molecule has 3 atom stereocenters. The Kier molecular flexibility index (Phi) is 4.36. The van der Waals surface area contributed by atoms with Crippen molar-refractivity contribution in [1.82, 2.24) is 5.32 Å². The van der Waals surface area contributed by atoms with Gasteiger partial charge in [-0.1, -0.05) is 6.92 Å². The molecule has 2 aliphatic rings. The third-order valence-corrected chi connectivity index (χ3v) is 6.10. The van der Waals surface area contributed by atoms with Gasteiger partial charge < -0.3 is 14.8 Å². The zero-order chi connectivity index (χ0) is 14.9. The van der Waals surface area contributed by atoms with Crippen LogP contribution in [-0.2, 0) is 0 Å². The highest BCUT2D eigenvalue weighted by Gasteiger charge is 2.48. The first-order valence-electron chi connectivity index (χ1n) is 7.90. The van der Waals surface area contributed by atoms with E-state index < -0.39 is 0 Å². The Bertz CT molecular complexity index is 508. The van der Waals surface area contributed by atoms with Crippen LogP contribution in [0.15, 0.2) is 18.2 Å². The van der Waals surface area contributed by atoms with Gasteiger partial charge in [0.2, 0.25) is 0 Å². The number of rotatable bonds is 4. The van der Waals surface area contributed by atoms with Gasteiger partial charge in [-0.25, -0.2) is 0 Å². The van der Waals surface area contributed by atoms with Crippen molar-refractivity contribution in [2.24, 2.45) is 0 Å². The topological polar surface area (TPSA) is 30.5 Å². The highest BCUT2D eigenvalue weighted by atomic mass is 32.2. The summed E-state index contributed by atoms with van der Waals surface area (Å²) in [5, 5.41) is 4.26. The van der Waals surface area contributed by atoms with E-state index in [1.54, 1.807) is 7.11 Å². The highest BCUT2D eigenvalue weighted by molar-refractivity contribution is 8.00. The minimum atomic E-state index is -0.00232. The highest BCUT2D eigenvalue weighted by Crippen LogP contribution is 2.50. The van der Waals surface area contributed by atoms with E-state index in [-0.39, 0.29) is 5.60 Å². The molecule has 2 aliphatic heterocycles. The molecule has 1 spiro atoms. The van der Waals surface area contributed by atoms with Gasteiger partial charge in [0.05, 0.1) is 7.11 Å². The van der Waals surface area contributed by atoms with Gasteiger partial charge in [-0.2, -0.15) is 11.8 Å². The van der Waals surface area contributed by atoms with Crippen molar-refractivity contribution in [3.63, 3.8) is 0 Å². The molecule has 0 aliphatic carbocycles. The Balaban J connectivity index is 1.94. The number of nitrogens with one attached hydrogen (secondary N) is 1. The third-order valence-electron chi connectivity index (χ3n) is 4.73. The van der Waals surface area contributed by atoms with Crippen LogP contribution in [0.3, 0.4) is 0 Å². The van der Waals surface area contributed by atoms with E-state index in [2.05, 4.69) is 31.3 Å². The molecule has 0 saturated carbocycles. The van der Waals surface area contributed by atoms with Crippen LogP contribution in [0.1, 0.15) is 44.7 Å². The van der Waals surface area contributed by atoms with Crippen molar-refractivity contribution in [3.8, 4) is 11.5 Å². The van der Waals surface area contributed by atoms with E-state index in [0.29, 0.717) is 11.3 Å². The van der Waals surface area contributed by atoms with Crippen LogP contribution in [0.5, 0.6) is 11.5 Å². The Morgan fingerprint density at radius 2 is 2.33 bits per heavy atom. The van der Waals surface area contributed by atoms with Gasteiger partial charge in [-0.15, -0.1) is 0 Å². The molecule has 0 aromatic heterocycles. The number of methoxy groups -OCH3 is 1. The summed E-state index contributed by atoms with van der Waals surface area (Å²) < 4.78 is 11.9. The van der Waals surface area contributed by atoms with E-state index in [0.717, 1.165) is 37.3 Å². The van der Waals surface area contributed by atoms with E-state index in [1.165, 1.54) is 11.3 Å². The summed E-state index contributed by atoms with van der Waals surface area (Å²) in [6.07, 6.45) is 3.35. The molecule has 0 bridgehead atoms. The van der Waals surface area contributed by atoms with Crippen molar-refractivity contribution in [3.05, 3.63) is 23.8 Å². The van der Waals surface area contributed by atoms with Crippen LogP contribution in [0.25, 0.3) is 0 Å². The summed E-state index contributed by atoms with van der Waals surface area (Å²) in [7, 11) is 1.72. The van der Waals surface area contributed by atoms with E-state index in [1.807, 2.05) is 17.8 Å². The molecule has 21 heavy (non-hydrogen) atoms. The van der Waals surface area contributed by atoms with Gasteiger partial charge in [-0.3, -0.25) is 0 Å². The lowest BCUT2D eigenvalue weighted by atomic mass is 9.83. The lowest BCUT2D eigenvalue weighted by molar-refractivity contribution is 0.0352. The van der Waals surface area contributed by atoms with Crippen LogP contribution < -0.4 is 14.8 Å². The van der Waals surface area contributed by atoms with Crippen molar-refractivity contribution in [2.45, 2.75) is 50.0 Å². The fourth-order valence-corrected chi connectivity index (χ4v) is 4.78. The number of hydrogen-bond acceptors (Lipinski definition) is 4. The fraction of sp³-hybridized carbons (Fsp3) is 0.647. The first kappa shape index (κ1) is 15.0. The van der Waals surface area contributed by atoms with Gasteiger partial charge in [0.25, 0.3) is 0 Å². The maximum atomic E-state index is 6.49. The molecule has 4 heteroatoms. The molecule has 1 aromatic rings. The molecule has 1 N–H and O–H groups in total. The zero-order valence-electron chi connectivity index (χ0n) is 13.1. The van der Waals surface area contributed by atoms with Crippen LogP contribution >= 0.6 is 11.8 Å². The van der Waals surface area contributed by atoms with Gasteiger partial charge >= 0.3 is 0 Å². The predicted octanol–water partition coefficient (Wildman–Crippen LogP) is 3.78. The Labute approximate surface area is 131 Å². The molecular formula is C17H25NO2S. The van der Waals surface area contributed by atoms with Crippen molar-refractivity contribution < 1.29 is 9.47 Å². The summed E-state index contributed by atoms with van der Waals surface area (Å²) in [4.78, 5) is 0. The second kappa shape index (κ2) is 6.09. The Morgan fingerprint density at radius 1 is 1.48 bits per heavy atom. The smallest absolute Gasteiger partial charge is 0.125 e. The number of ether oxygens (including phenoxy) is 2. The summed E-state index contributed by atoms with van der Waals surface area (Å²) in [6.45, 7) is 5.56. The van der Waals surface area contributed by atoms with E-state index >= 15 is 0 Å². The van der Waals surface area contributed by atoms with Crippen molar-refractivity contribution in [1.29, 1.82) is 0 Å². The Morgan fingerprint density at radius 3 is 3.00 bits per heavy atom. The number of fused-ring (bicyclic) bond motifs is 1.